The summed E-state index contributed by atoms with van der Waals surface area (Å²) in [5.41, 5.74) is 0.412. The van der Waals surface area contributed by atoms with Gasteiger partial charge in [-0.05, 0) is 72.0 Å². The van der Waals surface area contributed by atoms with Crippen molar-refractivity contribution in [1.82, 2.24) is 0 Å². The zero-order valence-corrected chi connectivity index (χ0v) is 26.6. The van der Waals surface area contributed by atoms with Gasteiger partial charge in [0, 0.05) is 0 Å². The molecule has 0 N–H and O–H groups in total. The normalized spacial score (nSPS) is 19.2. The summed E-state index contributed by atoms with van der Waals surface area (Å²) in [7, 11) is 0. The molecule has 0 aromatic carbocycles. The number of hydrogen-bond donors (Lipinski definition) is 0. The van der Waals surface area contributed by atoms with Gasteiger partial charge in [0.2, 0.25) is 0 Å². The Hall–Kier alpha value is -0.260. The monoisotopic (exact) mass is 491 g/mol. The van der Waals surface area contributed by atoms with Gasteiger partial charge in [-0.3, -0.25) is 0 Å². The molecule has 0 fully saturated rings. The van der Waals surface area contributed by atoms with E-state index in [4.69, 9.17) is 0 Å². The van der Waals surface area contributed by atoms with Gasteiger partial charge in [0.05, 0.1) is 0 Å². The van der Waals surface area contributed by atoms with E-state index in [0.717, 1.165) is 29.6 Å². The largest absolute Gasteiger partial charge is 0.103 e. The van der Waals surface area contributed by atoms with Crippen molar-refractivity contribution in [2.45, 2.75) is 160 Å². The van der Waals surface area contributed by atoms with Crippen LogP contribution in [0.2, 0.25) is 0 Å². The van der Waals surface area contributed by atoms with Crippen LogP contribution >= 0.6 is 0 Å². The van der Waals surface area contributed by atoms with Crippen LogP contribution in [0.1, 0.15) is 160 Å². The van der Waals surface area contributed by atoms with Gasteiger partial charge in [0.15, 0.2) is 0 Å². The van der Waals surface area contributed by atoms with Crippen molar-refractivity contribution in [2.24, 2.45) is 52.8 Å². The second-order valence-corrected chi connectivity index (χ2v) is 14.2. The topological polar surface area (TPSA) is 0 Å². The highest BCUT2D eigenvalue weighted by atomic mass is 14.4. The van der Waals surface area contributed by atoms with Crippen molar-refractivity contribution in [2.75, 3.05) is 0 Å². The maximum absolute atomic E-state index is 4.21. The van der Waals surface area contributed by atoms with Crippen molar-refractivity contribution < 1.29 is 0 Å². The summed E-state index contributed by atoms with van der Waals surface area (Å²) < 4.78 is 0. The van der Waals surface area contributed by atoms with Crippen molar-refractivity contribution in [3.8, 4) is 0 Å². The lowest BCUT2D eigenvalue weighted by Crippen LogP contribution is -2.35. The van der Waals surface area contributed by atoms with Crippen LogP contribution in [0.25, 0.3) is 0 Å². The van der Waals surface area contributed by atoms with Gasteiger partial charge in [-0.2, -0.15) is 0 Å². The maximum atomic E-state index is 4.21. The quantitative estimate of drug-likeness (QED) is 0.104. The molecule has 7 atom stereocenters. The highest BCUT2D eigenvalue weighted by Crippen LogP contribution is 2.47. The molecule has 0 spiro atoms. The van der Waals surface area contributed by atoms with Crippen LogP contribution < -0.4 is 0 Å². The summed E-state index contributed by atoms with van der Waals surface area (Å²) in [6, 6.07) is 0. The SMILES string of the molecule is C=CC(C(C)C)C(C)CC(C)(CC(C)CCCCC(C)CCCCCCC)C(C)C(C)CC(C)C. The standard InChI is InChI=1S/C35H70/c1-13-15-16-17-18-21-29(7)22-19-20-23-30(8)25-35(12,33(11)31(9)24-27(3)4)26-32(10)34(14-2)28(5)6/h14,27-34H,2,13,15-26H2,1,3-12H3. The lowest BCUT2D eigenvalue weighted by Gasteiger charge is -2.44. The molecule has 0 rings (SSSR count). The highest BCUT2D eigenvalue weighted by Gasteiger charge is 2.38. The number of unbranched alkanes of at least 4 members (excludes halogenated alkanes) is 5. The average molecular weight is 491 g/mol. The third-order valence-electron chi connectivity index (χ3n) is 9.54. The molecule has 0 heteroatoms. The Kier molecular flexibility index (Phi) is 18.8. The molecule has 0 aliphatic rings. The van der Waals surface area contributed by atoms with Crippen molar-refractivity contribution in [3.63, 3.8) is 0 Å². The lowest BCUT2D eigenvalue weighted by atomic mass is 9.61. The van der Waals surface area contributed by atoms with E-state index in [-0.39, 0.29) is 0 Å². The molecule has 0 heterocycles. The van der Waals surface area contributed by atoms with Gasteiger partial charge in [0.25, 0.3) is 0 Å². The van der Waals surface area contributed by atoms with E-state index in [0.29, 0.717) is 23.2 Å². The Morgan fingerprint density at radius 3 is 1.66 bits per heavy atom. The van der Waals surface area contributed by atoms with E-state index in [2.05, 4.69) is 88.8 Å². The van der Waals surface area contributed by atoms with Crippen LogP contribution in [0, 0.1) is 52.8 Å². The zero-order chi connectivity index (χ0) is 27.0. The summed E-state index contributed by atoms with van der Waals surface area (Å²) >= 11 is 0. The van der Waals surface area contributed by atoms with Gasteiger partial charge < -0.3 is 0 Å². The Morgan fingerprint density at radius 2 is 1.17 bits per heavy atom. The van der Waals surface area contributed by atoms with Crippen molar-refractivity contribution in [1.29, 1.82) is 0 Å². The first-order chi connectivity index (χ1) is 16.4. The Bertz CT molecular complexity index is 502. The fourth-order valence-electron chi connectivity index (χ4n) is 7.25. The summed E-state index contributed by atoms with van der Waals surface area (Å²) in [6.07, 6.45) is 20.6. The van der Waals surface area contributed by atoms with E-state index in [1.807, 2.05) is 0 Å². The lowest BCUT2D eigenvalue weighted by molar-refractivity contribution is 0.0586. The molecule has 210 valence electrons. The van der Waals surface area contributed by atoms with Crippen molar-refractivity contribution >= 4 is 0 Å². The van der Waals surface area contributed by atoms with E-state index in [9.17, 15) is 0 Å². The summed E-state index contributed by atoms with van der Waals surface area (Å²) in [4.78, 5) is 0. The summed E-state index contributed by atoms with van der Waals surface area (Å²) in [6.45, 7) is 31.3. The van der Waals surface area contributed by atoms with Crippen LogP contribution in [0.3, 0.4) is 0 Å². The fourth-order valence-corrected chi connectivity index (χ4v) is 7.25. The molecule has 0 amide bonds. The van der Waals surface area contributed by atoms with Crippen molar-refractivity contribution in [3.05, 3.63) is 12.7 Å². The average Bonchev–Trinajstić information content (AvgIpc) is 2.75. The first kappa shape index (κ1) is 34.7. The van der Waals surface area contributed by atoms with E-state index >= 15 is 0 Å². The molecule has 35 heavy (non-hydrogen) atoms. The molecule has 0 saturated heterocycles. The third-order valence-corrected chi connectivity index (χ3v) is 9.54. The second-order valence-electron chi connectivity index (χ2n) is 14.2. The van der Waals surface area contributed by atoms with Gasteiger partial charge in [-0.1, -0.05) is 146 Å². The molecule has 0 aromatic rings. The van der Waals surface area contributed by atoms with E-state index < -0.39 is 0 Å². The molecule has 0 saturated carbocycles. The molecular weight excluding hydrogens is 420 g/mol. The van der Waals surface area contributed by atoms with E-state index in [1.165, 1.54) is 83.5 Å². The minimum atomic E-state index is 0.412. The highest BCUT2D eigenvalue weighted by molar-refractivity contribution is 4.92. The molecule has 0 aliphatic carbocycles. The molecule has 0 nitrogen and oxygen atoms in total. The Morgan fingerprint density at radius 1 is 0.657 bits per heavy atom. The summed E-state index contributed by atoms with van der Waals surface area (Å²) in [5, 5.41) is 0. The molecule has 7 unspecified atom stereocenters. The minimum absolute atomic E-state index is 0.412. The zero-order valence-electron chi connectivity index (χ0n) is 26.6. The summed E-state index contributed by atoms with van der Waals surface area (Å²) in [5.74, 6) is 6.10. The first-order valence-corrected chi connectivity index (χ1v) is 16.0. The van der Waals surface area contributed by atoms with Gasteiger partial charge in [-0.15, -0.1) is 6.58 Å². The van der Waals surface area contributed by atoms with E-state index in [1.54, 1.807) is 0 Å². The number of hydrogen-bond acceptors (Lipinski definition) is 0. The van der Waals surface area contributed by atoms with Crippen LogP contribution in [0.15, 0.2) is 12.7 Å². The van der Waals surface area contributed by atoms with Crippen LogP contribution in [0.4, 0.5) is 0 Å². The molecule has 0 radical (unpaired) electrons. The van der Waals surface area contributed by atoms with Crippen LogP contribution in [-0.4, -0.2) is 0 Å². The Labute approximate surface area is 224 Å². The molecule has 0 bridgehead atoms. The minimum Gasteiger partial charge on any atom is -0.103 e. The molecular formula is C35H70. The Balaban J connectivity index is 4.90. The smallest absolute Gasteiger partial charge is 0.0187 e. The first-order valence-electron chi connectivity index (χ1n) is 16.0. The van der Waals surface area contributed by atoms with Gasteiger partial charge in [0.1, 0.15) is 0 Å². The number of allylic oxidation sites excluding steroid dienone is 1. The predicted octanol–water partition coefficient (Wildman–Crippen LogP) is 12.4. The molecule has 0 aromatic heterocycles. The second kappa shape index (κ2) is 18.9. The third kappa shape index (κ3) is 14.9. The fraction of sp³-hybridized carbons (Fsp3) is 0.943. The van der Waals surface area contributed by atoms with Gasteiger partial charge in [-0.25, -0.2) is 0 Å². The van der Waals surface area contributed by atoms with Gasteiger partial charge >= 0.3 is 0 Å². The van der Waals surface area contributed by atoms with Crippen LogP contribution in [-0.2, 0) is 0 Å². The maximum Gasteiger partial charge on any atom is -0.0187 e. The molecule has 0 aliphatic heterocycles. The van der Waals surface area contributed by atoms with Crippen LogP contribution in [0.5, 0.6) is 0 Å². The number of rotatable bonds is 22. The predicted molar refractivity (Wildman–Crippen MR) is 163 cm³/mol.